The first-order chi connectivity index (χ1) is 9.24. The molecule has 1 heterocycles. The minimum absolute atomic E-state index is 0.382. The van der Waals surface area contributed by atoms with Crippen molar-refractivity contribution in [2.45, 2.75) is 18.4 Å². The van der Waals surface area contributed by atoms with Crippen LogP contribution in [0, 0.1) is 0 Å². The van der Waals surface area contributed by atoms with Gasteiger partial charge in [-0.1, -0.05) is 42.5 Å². The lowest BCUT2D eigenvalue weighted by atomic mass is 10.1. The van der Waals surface area contributed by atoms with Crippen LogP contribution in [0.2, 0.25) is 0 Å². The van der Waals surface area contributed by atoms with Gasteiger partial charge in [0.25, 0.3) is 0 Å². The zero-order chi connectivity index (χ0) is 13.2. The number of nitrogens with zero attached hydrogens (tertiary/aromatic N) is 1. The summed E-state index contributed by atoms with van der Waals surface area (Å²) in [6, 6.07) is 14.9. The second-order valence-electron chi connectivity index (χ2n) is 4.80. The number of nitrogens with one attached hydrogen (secondary N) is 1. The second-order valence-corrected chi connectivity index (χ2v) is 5.24. The van der Waals surface area contributed by atoms with Gasteiger partial charge in [0, 0.05) is 23.7 Å². The fraction of sp³-hybridized carbons (Fsp3) is 0.200. The van der Waals surface area contributed by atoms with Gasteiger partial charge in [0.15, 0.2) is 0 Å². The monoisotopic (exact) mass is 269 g/mol. The standard InChI is InChI=1S/C15H15N3S/c16-15(19)11-6-7-14(17-9-11)18-13-8-12(13)10-4-2-1-3-5-10/h1-7,9,12-13H,8H2,(H2,16,19)(H,17,18). The van der Waals surface area contributed by atoms with Gasteiger partial charge in [-0.15, -0.1) is 0 Å². The van der Waals surface area contributed by atoms with Crippen LogP contribution >= 0.6 is 12.2 Å². The molecule has 0 amide bonds. The molecule has 0 spiro atoms. The highest BCUT2D eigenvalue weighted by Gasteiger charge is 2.38. The summed E-state index contributed by atoms with van der Waals surface area (Å²) in [5.41, 5.74) is 7.74. The Balaban J connectivity index is 1.63. The van der Waals surface area contributed by atoms with Crippen molar-refractivity contribution in [1.29, 1.82) is 0 Å². The Kier molecular flexibility index (Phi) is 3.17. The quantitative estimate of drug-likeness (QED) is 0.838. The molecular weight excluding hydrogens is 254 g/mol. The summed E-state index contributed by atoms with van der Waals surface area (Å²) >= 11 is 4.91. The van der Waals surface area contributed by atoms with Gasteiger partial charge in [-0.05, 0) is 24.1 Å². The van der Waals surface area contributed by atoms with E-state index in [0.717, 1.165) is 17.8 Å². The maximum Gasteiger partial charge on any atom is 0.126 e. The average Bonchev–Trinajstić information content (AvgIpc) is 3.20. The van der Waals surface area contributed by atoms with Crippen LogP contribution in [-0.2, 0) is 0 Å². The second kappa shape index (κ2) is 4.97. The number of nitrogens with two attached hydrogens (primary N) is 1. The van der Waals surface area contributed by atoms with Gasteiger partial charge in [-0.2, -0.15) is 0 Å². The lowest BCUT2D eigenvalue weighted by Gasteiger charge is -2.06. The number of thiocarbonyl (C=S) groups is 1. The van der Waals surface area contributed by atoms with Gasteiger partial charge < -0.3 is 11.1 Å². The molecule has 1 saturated carbocycles. The maximum absolute atomic E-state index is 5.55. The van der Waals surface area contributed by atoms with Crippen LogP contribution in [-0.4, -0.2) is 16.0 Å². The van der Waals surface area contributed by atoms with E-state index in [2.05, 4.69) is 34.6 Å². The molecule has 0 aliphatic heterocycles. The molecule has 2 aromatic rings. The van der Waals surface area contributed by atoms with Gasteiger partial charge >= 0.3 is 0 Å². The number of aromatic nitrogens is 1. The van der Waals surface area contributed by atoms with Gasteiger partial charge in [-0.3, -0.25) is 0 Å². The maximum atomic E-state index is 5.55. The van der Waals surface area contributed by atoms with E-state index in [9.17, 15) is 0 Å². The molecule has 0 bridgehead atoms. The number of benzene rings is 1. The van der Waals surface area contributed by atoms with Gasteiger partial charge in [0.1, 0.15) is 10.8 Å². The van der Waals surface area contributed by atoms with Crippen LogP contribution in [0.25, 0.3) is 0 Å². The molecule has 3 rings (SSSR count). The highest BCUT2D eigenvalue weighted by molar-refractivity contribution is 7.80. The summed E-state index contributed by atoms with van der Waals surface area (Å²) in [6.45, 7) is 0. The predicted octanol–water partition coefficient (Wildman–Crippen LogP) is 2.68. The topological polar surface area (TPSA) is 50.9 Å². The number of hydrogen-bond donors (Lipinski definition) is 2. The van der Waals surface area contributed by atoms with Crippen LogP contribution in [0.15, 0.2) is 48.7 Å². The molecular formula is C15H15N3S. The number of anilines is 1. The zero-order valence-electron chi connectivity index (χ0n) is 10.4. The van der Waals surface area contributed by atoms with Crippen LogP contribution in [0.5, 0.6) is 0 Å². The largest absolute Gasteiger partial charge is 0.389 e. The first-order valence-corrected chi connectivity index (χ1v) is 6.72. The van der Waals surface area contributed by atoms with E-state index in [-0.39, 0.29) is 0 Å². The SMILES string of the molecule is NC(=S)c1ccc(NC2CC2c2ccccc2)nc1. The highest BCUT2D eigenvalue weighted by Crippen LogP contribution is 2.42. The zero-order valence-corrected chi connectivity index (χ0v) is 11.2. The number of pyridine rings is 1. The third-order valence-electron chi connectivity index (χ3n) is 3.40. The van der Waals surface area contributed by atoms with Crippen molar-refractivity contribution >= 4 is 23.0 Å². The first-order valence-electron chi connectivity index (χ1n) is 6.31. The van der Waals surface area contributed by atoms with E-state index in [1.807, 2.05) is 18.2 Å². The summed E-state index contributed by atoms with van der Waals surface area (Å²) in [5, 5.41) is 3.44. The predicted molar refractivity (Wildman–Crippen MR) is 81.3 cm³/mol. The van der Waals surface area contributed by atoms with Crippen molar-refractivity contribution in [3.05, 3.63) is 59.8 Å². The molecule has 96 valence electrons. The smallest absolute Gasteiger partial charge is 0.126 e. The number of hydrogen-bond acceptors (Lipinski definition) is 3. The van der Waals surface area contributed by atoms with E-state index in [0.29, 0.717) is 16.9 Å². The summed E-state index contributed by atoms with van der Waals surface area (Å²) in [5.74, 6) is 1.47. The fourth-order valence-electron chi connectivity index (χ4n) is 2.24. The van der Waals surface area contributed by atoms with Gasteiger partial charge in [0.05, 0.1) is 0 Å². The lowest BCUT2D eigenvalue weighted by Crippen LogP contribution is -2.11. The van der Waals surface area contributed by atoms with Crippen molar-refractivity contribution in [2.75, 3.05) is 5.32 Å². The molecule has 19 heavy (non-hydrogen) atoms. The van der Waals surface area contributed by atoms with E-state index in [1.54, 1.807) is 6.20 Å². The first kappa shape index (κ1) is 12.1. The Morgan fingerprint density at radius 1 is 1.21 bits per heavy atom. The third-order valence-corrected chi connectivity index (χ3v) is 3.64. The van der Waals surface area contributed by atoms with Crippen LogP contribution in [0.1, 0.15) is 23.5 Å². The summed E-state index contributed by atoms with van der Waals surface area (Å²) in [4.78, 5) is 4.71. The molecule has 1 fully saturated rings. The molecule has 1 aromatic carbocycles. The summed E-state index contributed by atoms with van der Waals surface area (Å²) in [7, 11) is 0. The molecule has 1 aliphatic rings. The molecule has 3 N–H and O–H groups in total. The molecule has 4 heteroatoms. The van der Waals surface area contributed by atoms with E-state index in [4.69, 9.17) is 18.0 Å². The van der Waals surface area contributed by atoms with Crippen molar-refractivity contribution in [2.24, 2.45) is 5.73 Å². The minimum atomic E-state index is 0.382. The molecule has 2 atom stereocenters. The Morgan fingerprint density at radius 2 is 2.00 bits per heavy atom. The minimum Gasteiger partial charge on any atom is -0.389 e. The molecule has 1 aromatic heterocycles. The average molecular weight is 269 g/mol. The van der Waals surface area contributed by atoms with Crippen molar-refractivity contribution in [1.82, 2.24) is 4.98 Å². The lowest BCUT2D eigenvalue weighted by molar-refractivity contribution is 1.03. The third kappa shape index (κ3) is 2.74. The van der Waals surface area contributed by atoms with Crippen molar-refractivity contribution < 1.29 is 0 Å². The van der Waals surface area contributed by atoms with Gasteiger partial charge in [-0.25, -0.2) is 4.98 Å². The molecule has 0 radical (unpaired) electrons. The normalized spacial score (nSPS) is 20.8. The van der Waals surface area contributed by atoms with Crippen molar-refractivity contribution in [3.8, 4) is 0 Å². The summed E-state index contributed by atoms with van der Waals surface area (Å²) in [6.07, 6.45) is 2.87. The molecule has 2 unspecified atom stereocenters. The van der Waals surface area contributed by atoms with Gasteiger partial charge in [0.2, 0.25) is 0 Å². The Bertz CT molecular complexity index is 580. The van der Waals surface area contributed by atoms with E-state index in [1.165, 1.54) is 5.56 Å². The Hall–Kier alpha value is -1.94. The molecule has 3 nitrogen and oxygen atoms in total. The molecule has 0 saturated heterocycles. The van der Waals surface area contributed by atoms with E-state index >= 15 is 0 Å². The van der Waals surface area contributed by atoms with Crippen LogP contribution in [0.4, 0.5) is 5.82 Å². The Labute approximate surface area is 117 Å². The van der Waals surface area contributed by atoms with E-state index < -0.39 is 0 Å². The molecule has 1 aliphatic carbocycles. The fourth-order valence-corrected chi connectivity index (χ4v) is 2.36. The highest BCUT2D eigenvalue weighted by atomic mass is 32.1. The summed E-state index contributed by atoms with van der Waals surface area (Å²) < 4.78 is 0. The van der Waals surface area contributed by atoms with Crippen molar-refractivity contribution in [3.63, 3.8) is 0 Å². The van der Waals surface area contributed by atoms with Crippen LogP contribution < -0.4 is 11.1 Å². The Morgan fingerprint density at radius 3 is 2.63 bits per heavy atom. The number of rotatable bonds is 4. The van der Waals surface area contributed by atoms with Crippen LogP contribution in [0.3, 0.4) is 0 Å².